The van der Waals surface area contributed by atoms with E-state index in [0.717, 1.165) is 22.8 Å². The van der Waals surface area contributed by atoms with Gasteiger partial charge >= 0.3 is 0 Å². The highest BCUT2D eigenvalue weighted by Crippen LogP contribution is 2.23. The van der Waals surface area contributed by atoms with Crippen molar-refractivity contribution >= 4 is 17.2 Å². The van der Waals surface area contributed by atoms with Gasteiger partial charge in [-0.05, 0) is 40.9 Å². The van der Waals surface area contributed by atoms with Crippen molar-refractivity contribution in [1.82, 2.24) is 19.8 Å². The summed E-state index contributed by atoms with van der Waals surface area (Å²) in [5, 5.41) is 6.14. The van der Waals surface area contributed by atoms with Crippen LogP contribution in [0.1, 0.15) is 29.3 Å². The molecule has 22 heavy (non-hydrogen) atoms. The monoisotopic (exact) mass is 320 g/mol. The molecule has 6 heteroatoms. The van der Waals surface area contributed by atoms with Crippen LogP contribution in [0.5, 0.6) is 0 Å². The van der Waals surface area contributed by atoms with Gasteiger partial charge in [-0.1, -0.05) is 0 Å². The molecular formula is C16H24N4OS. The van der Waals surface area contributed by atoms with Gasteiger partial charge in [0.1, 0.15) is 5.69 Å². The van der Waals surface area contributed by atoms with Crippen molar-refractivity contribution in [3.63, 3.8) is 0 Å². The maximum absolute atomic E-state index is 12.5. The van der Waals surface area contributed by atoms with E-state index >= 15 is 0 Å². The summed E-state index contributed by atoms with van der Waals surface area (Å²) >= 11 is 1.61. The number of thiazole rings is 1. The van der Waals surface area contributed by atoms with Crippen LogP contribution in [0.3, 0.4) is 0 Å². The van der Waals surface area contributed by atoms with Crippen LogP contribution in [0.4, 0.5) is 0 Å². The molecule has 0 spiro atoms. The van der Waals surface area contributed by atoms with Crippen LogP contribution in [0, 0.1) is 6.92 Å². The third-order valence-corrected chi connectivity index (χ3v) is 4.09. The van der Waals surface area contributed by atoms with Gasteiger partial charge in [0, 0.05) is 36.3 Å². The average Bonchev–Trinajstić information content (AvgIpc) is 2.92. The lowest BCUT2D eigenvalue weighted by molar-refractivity contribution is 0.0891. The topological polar surface area (TPSA) is 50.2 Å². The van der Waals surface area contributed by atoms with Crippen molar-refractivity contribution in [3.05, 3.63) is 28.3 Å². The van der Waals surface area contributed by atoms with Crippen LogP contribution < -0.4 is 5.32 Å². The Kier molecular flexibility index (Phi) is 4.72. The van der Waals surface area contributed by atoms with E-state index in [-0.39, 0.29) is 11.4 Å². The Morgan fingerprint density at radius 1 is 1.45 bits per heavy atom. The molecule has 0 aliphatic heterocycles. The van der Waals surface area contributed by atoms with Crippen LogP contribution in [-0.4, -0.2) is 46.5 Å². The minimum atomic E-state index is -0.289. The van der Waals surface area contributed by atoms with Gasteiger partial charge in [-0.15, -0.1) is 11.3 Å². The molecule has 0 aliphatic rings. The van der Waals surface area contributed by atoms with Gasteiger partial charge in [0.2, 0.25) is 0 Å². The average molecular weight is 320 g/mol. The molecule has 0 atom stereocenters. The summed E-state index contributed by atoms with van der Waals surface area (Å²) in [4.78, 5) is 19.1. The van der Waals surface area contributed by atoms with Crippen molar-refractivity contribution in [2.45, 2.75) is 26.3 Å². The fourth-order valence-corrected chi connectivity index (χ4v) is 3.25. The van der Waals surface area contributed by atoms with Crippen molar-refractivity contribution in [1.29, 1.82) is 0 Å². The number of likely N-dealkylation sites (N-methyl/N-ethyl adjacent to an activating group) is 1. The molecule has 0 bridgehead atoms. The second kappa shape index (κ2) is 6.22. The third-order valence-electron chi connectivity index (χ3n) is 3.32. The molecule has 2 rings (SSSR count). The van der Waals surface area contributed by atoms with Crippen LogP contribution >= 0.6 is 11.3 Å². The molecule has 0 radical (unpaired) electrons. The summed E-state index contributed by atoms with van der Waals surface area (Å²) in [5.41, 5.74) is 2.25. The number of nitrogens with one attached hydrogen (secondary N) is 1. The van der Waals surface area contributed by atoms with Gasteiger partial charge in [-0.3, -0.25) is 4.79 Å². The SMILES string of the molecule is Cc1nc(-c2cc(C(=O)NC(C)(C)CN(C)C)n(C)c2)cs1. The summed E-state index contributed by atoms with van der Waals surface area (Å²) in [6.45, 7) is 6.81. The molecule has 0 saturated heterocycles. The summed E-state index contributed by atoms with van der Waals surface area (Å²) in [5.74, 6) is -0.0625. The van der Waals surface area contributed by atoms with E-state index in [4.69, 9.17) is 0 Å². The highest BCUT2D eigenvalue weighted by molar-refractivity contribution is 7.09. The zero-order valence-electron chi connectivity index (χ0n) is 14.1. The second-order valence-electron chi connectivity index (χ2n) is 6.55. The van der Waals surface area contributed by atoms with Crippen molar-refractivity contribution < 1.29 is 4.79 Å². The Balaban J connectivity index is 2.19. The molecule has 0 aliphatic carbocycles. The Morgan fingerprint density at radius 3 is 2.68 bits per heavy atom. The number of hydrogen-bond donors (Lipinski definition) is 1. The van der Waals surface area contributed by atoms with E-state index in [1.165, 1.54) is 0 Å². The minimum absolute atomic E-state index is 0.0625. The summed E-state index contributed by atoms with van der Waals surface area (Å²) in [6, 6.07) is 1.90. The van der Waals surface area contributed by atoms with Gasteiger partial charge in [0.25, 0.3) is 5.91 Å². The number of hydrogen-bond acceptors (Lipinski definition) is 4. The number of carbonyl (C=O) groups excluding carboxylic acids is 1. The Bertz CT molecular complexity index is 669. The van der Waals surface area contributed by atoms with Crippen molar-refractivity contribution in [3.8, 4) is 11.3 Å². The summed E-state index contributed by atoms with van der Waals surface area (Å²) in [7, 11) is 5.88. The van der Waals surface area contributed by atoms with Crippen molar-refractivity contribution in [2.24, 2.45) is 7.05 Å². The van der Waals surface area contributed by atoms with Crippen LogP contribution in [-0.2, 0) is 7.05 Å². The largest absolute Gasteiger partial charge is 0.346 e. The number of amides is 1. The van der Waals surface area contributed by atoms with E-state index in [9.17, 15) is 4.79 Å². The molecule has 2 aromatic rings. The standard InChI is InChI=1S/C16H24N4OS/c1-11-17-13(9-22-11)12-7-14(20(6)8-12)15(21)18-16(2,3)10-19(4)5/h7-9H,10H2,1-6H3,(H,18,21). The predicted octanol–water partition coefficient (Wildman–Crippen LogP) is 2.53. The molecule has 0 saturated carbocycles. The first-order valence-corrected chi connectivity index (χ1v) is 8.12. The molecular weight excluding hydrogens is 296 g/mol. The number of nitrogens with zero attached hydrogens (tertiary/aromatic N) is 3. The second-order valence-corrected chi connectivity index (χ2v) is 7.61. The van der Waals surface area contributed by atoms with Gasteiger partial charge in [0.05, 0.1) is 10.7 Å². The molecule has 0 unspecified atom stereocenters. The number of carbonyl (C=O) groups is 1. The van der Waals surface area contributed by atoms with E-state index in [0.29, 0.717) is 5.69 Å². The molecule has 1 amide bonds. The van der Waals surface area contributed by atoms with Gasteiger partial charge in [0.15, 0.2) is 0 Å². The van der Waals surface area contributed by atoms with E-state index < -0.39 is 0 Å². The predicted molar refractivity (Wildman–Crippen MR) is 91.4 cm³/mol. The first-order valence-electron chi connectivity index (χ1n) is 7.24. The quantitative estimate of drug-likeness (QED) is 0.921. The lowest BCUT2D eigenvalue weighted by atomic mass is 10.0. The molecule has 0 aromatic carbocycles. The van der Waals surface area contributed by atoms with Gasteiger partial charge < -0.3 is 14.8 Å². The number of aromatic nitrogens is 2. The maximum Gasteiger partial charge on any atom is 0.268 e. The Labute approximate surface area is 136 Å². The number of rotatable bonds is 5. The normalized spacial score (nSPS) is 12.0. The third kappa shape index (κ3) is 3.96. The molecule has 5 nitrogen and oxygen atoms in total. The van der Waals surface area contributed by atoms with Crippen LogP contribution in [0.2, 0.25) is 0 Å². The zero-order valence-corrected chi connectivity index (χ0v) is 14.9. The van der Waals surface area contributed by atoms with Gasteiger partial charge in [-0.2, -0.15) is 0 Å². The highest BCUT2D eigenvalue weighted by atomic mass is 32.1. The van der Waals surface area contributed by atoms with Crippen LogP contribution in [0.15, 0.2) is 17.6 Å². The molecule has 0 fully saturated rings. The lowest BCUT2D eigenvalue weighted by Gasteiger charge is -2.29. The fraction of sp³-hybridized carbons (Fsp3) is 0.500. The first-order chi connectivity index (χ1) is 10.2. The first kappa shape index (κ1) is 16.7. The molecule has 2 heterocycles. The molecule has 1 N–H and O–H groups in total. The van der Waals surface area contributed by atoms with E-state index in [1.54, 1.807) is 11.3 Å². The lowest BCUT2D eigenvalue weighted by Crippen LogP contribution is -2.50. The van der Waals surface area contributed by atoms with Gasteiger partial charge in [-0.25, -0.2) is 4.98 Å². The van der Waals surface area contributed by atoms with Crippen LogP contribution in [0.25, 0.3) is 11.3 Å². The Morgan fingerprint density at radius 2 is 2.14 bits per heavy atom. The highest BCUT2D eigenvalue weighted by Gasteiger charge is 2.23. The Hall–Kier alpha value is -1.66. The number of aryl methyl sites for hydroxylation is 2. The molecule has 2 aromatic heterocycles. The van der Waals surface area contributed by atoms with E-state index in [2.05, 4.69) is 15.2 Å². The fourth-order valence-electron chi connectivity index (χ4n) is 2.63. The van der Waals surface area contributed by atoms with Crippen molar-refractivity contribution in [2.75, 3.05) is 20.6 Å². The zero-order chi connectivity index (χ0) is 16.5. The minimum Gasteiger partial charge on any atom is -0.346 e. The van der Waals surface area contributed by atoms with E-state index in [1.807, 2.05) is 64.1 Å². The summed E-state index contributed by atoms with van der Waals surface area (Å²) < 4.78 is 1.85. The molecule has 120 valence electrons. The smallest absolute Gasteiger partial charge is 0.268 e. The maximum atomic E-state index is 12.5. The summed E-state index contributed by atoms with van der Waals surface area (Å²) in [6.07, 6.45) is 1.95.